The number of rotatable bonds is 2. The van der Waals surface area contributed by atoms with Crippen molar-refractivity contribution in [3.63, 3.8) is 0 Å². The molecule has 3 heterocycles. The van der Waals surface area contributed by atoms with Crippen LogP contribution in [0.5, 0.6) is 0 Å². The molecule has 7 heteroatoms. The van der Waals surface area contributed by atoms with Crippen LogP contribution in [-0.4, -0.2) is 54.3 Å². The van der Waals surface area contributed by atoms with Crippen molar-refractivity contribution in [1.29, 1.82) is 0 Å². The fourth-order valence-corrected chi connectivity index (χ4v) is 4.31. The number of fused-ring (bicyclic) bond motifs is 1. The number of imidazole rings is 1. The van der Waals surface area contributed by atoms with Gasteiger partial charge in [-0.05, 0) is 26.2 Å². The number of hydrogen-bond donors (Lipinski definition) is 2. The third kappa shape index (κ3) is 2.65. The first kappa shape index (κ1) is 15.8. The van der Waals surface area contributed by atoms with Crippen LogP contribution in [0.25, 0.3) is 11.2 Å². The Hall–Kier alpha value is -1.73. The van der Waals surface area contributed by atoms with E-state index in [0.717, 1.165) is 19.5 Å². The summed E-state index contributed by atoms with van der Waals surface area (Å²) in [7, 11) is 0. The van der Waals surface area contributed by atoms with Gasteiger partial charge in [0.2, 0.25) is 0 Å². The topological polar surface area (TPSA) is 93.1 Å². The van der Waals surface area contributed by atoms with Gasteiger partial charge in [0.05, 0.1) is 18.0 Å². The van der Waals surface area contributed by atoms with Crippen LogP contribution in [0, 0.1) is 0 Å². The second-order valence-corrected chi connectivity index (χ2v) is 7.49. The van der Waals surface area contributed by atoms with Crippen LogP contribution < -0.4 is 5.73 Å². The van der Waals surface area contributed by atoms with Gasteiger partial charge in [0.25, 0.3) is 0 Å². The van der Waals surface area contributed by atoms with Crippen molar-refractivity contribution in [2.45, 2.75) is 63.1 Å². The second-order valence-electron chi connectivity index (χ2n) is 7.49. The first-order valence-corrected chi connectivity index (χ1v) is 8.96. The molecule has 1 saturated heterocycles. The highest BCUT2D eigenvalue weighted by molar-refractivity contribution is 5.81. The summed E-state index contributed by atoms with van der Waals surface area (Å²) in [4.78, 5) is 15.3. The van der Waals surface area contributed by atoms with Crippen LogP contribution in [0.3, 0.4) is 0 Å². The molecule has 0 radical (unpaired) electrons. The maximum Gasteiger partial charge on any atom is 0.165 e. The number of anilines is 1. The number of piperidine rings is 1. The van der Waals surface area contributed by atoms with Gasteiger partial charge in [0.1, 0.15) is 11.8 Å². The van der Waals surface area contributed by atoms with Gasteiger partial charge in [0, 0.05) is 19.1 Å². The van der Waals surface area contributed by atoms with Crippen LogP contribution in [0.15, 0.2) is 12.7 Å². The molecule has 0 aromatic carbocycles. The standard InChI is InChI=1S/C17H26N6O/c1-17(24)7-8-22(12-5-3-2-4-6-12)9-13(17)23-11-21-14-15(18)19-10-20-16(14)23/h10-13,24H,2-9H2,1H3,(H2,18,19,20)/t13-,17-/m1/s1. The number of likely N-dealkylation sites (tertiary alicyclic amines) is 1. The molecule has 1 saturated carbocycles. The highest BCUT2D eigenvalue weighted by Crippen LogP contribution is 2.36. The summed E-state index contributed by atoms with van der Waals surface area (Å²) in [5, 5.41) is 11.0. The Kier molecular flexibility index (Phi) is 3.92. The van der Waals surface area contributed by atoms with E-state index in [1.165, 1.54) is 38.4 Å². The summed E-state index contributed by atoms with van der Waals surface area (Å²) in [6.45, 7) is 3.71. The van der Waals surface area contributed by atoms with Crippen molar-refractivity contribution in [2.24, 2.45) is 0 Å². The Morgan fingerprint density at radius 2 is 2.00 bits per heavy atom. The first-order valence-electron chi connectivity index (χ1n) is 8.96. The normalized spacial score (nSPS) is 30.0. The van der Waals surface area contributed by atoms with Gasteiger partial charge in [-0.2, -0.15) is 0 Å². The molecule has 1 aliphatic carbocycles. The van der Waals surface area contributed by atoms with Gasteiger partial charge in [-0.1, -0.05) is 19.3 Å². The van der Waals surface area contributed by atoms with Crippen LogP contribution >= 0.6 is 0 Å². The zero-order valence-corrected chi connectivity index (χ0v) is 14.2. The van der Waals surface area contributed by atoms with Gasteiger partial charge in [-0.3, -0.25) is 4.90 Å². The van der Waals surface area contributed by atoms with E-state index < -0.39 is 5.60 Å². The zero-order valence-electron chi connectivity index (χ0n) is 14.2. The van der Waals surface area contributed by atoms with E-state index in [2.05, 4.69) is 19.9 Å². The fraction of sp³-hybridized carbons (Fsp3) is 0.706. The minimum absolute atomic E-state index is 0.0764. The van der Waals surface area contributed by atoms with E-state index in [4.69, 9.17) is 5.73 Å². The number of nitrogen functional groups attached to an aromatic ring is 1. The lowest BCUT2D eigenvalue weighted by Crippen LogP contribution is -2.54. The maximum atomic E-state index is 11.0. The van der Waals surface area contributed by atoms with Crippen molar-refractivity contribution in [1.82, 2.24) is 24.4 Å². The first-order chi connectivity index (χ1) is 11.6. The smallest absolute Gasteiger partial charge is 0.165 e. The molecule has 24 heavy (non-hydrogen) atoms. The molecule has 2 aromatic heterocycles. The Bertz CT molecular complexity index is 721. The van der Waals surface area contributed by atoms with Crippen LogP contribution in [0.4, 0.5) is 5.82 Å². The van der Waals surface area contributed by atoms with E-state index >= 15 is 0 Å². The molecule has 2 fully saturated rings. The highest BCUT2D eigenvalue weighted by Gasteiger charge is 2.41. The molecule has 2 aromatic rings. The minimum Gasteiger partial charge on any atom is -0.388 e. The van der Waals surface area contributed by atoms with Crippen molar-refractivity contribution < 1.29 is 5.11 Å². The van der Waals surface area contributed by atoms with Crippen LogP contribution in [-0.2, 0) is 0 Å². The lowest BCUT2D eigenvalue weighted by molar-refractivity contribution is -0.0623. The molecule has 2 atom stereocenters. The van der Waals surface area contributed by atoms with Crippen molar-refractivity contribution >= 4 is 17.0 Å². The third-order valence-corrected chi connectivity index (χ3v) is 5.84. The zero-order chi connectivity index (χ0) is 16.7. The SMILES string of the molecule is C[C@@]1(O)CCN(C2CCCCC2)C[C@H]1n1cnc2c(N)ncnc21. The molecule has 1 aliphatic heterocycles. The summed E-state index contributed by atoms with van der Waals surface area (Å²) in [6, 6.07) is 0.569. The number of nitrogens with zero attached hydrogens (tertiary/aromatic N) is 5. The van der Waals surface area contributed by atoms with Crippen molar-refractivity contribution in [3.05, 3.63) is 12.7 Å². The molecule has 130 valence electrons. The average molecular weight is 330 g/mol. The van der Waals surface area contributed by atoms with Gasteiger partial charge < -0.3 is 15.4 Å². The molecule has 3 N–H and O–H groups in total. The molecule has 0 unspecified atom stereocenters. The lowest BCUT2D eigenvalue weighted by Gasteiger charge is -2.46. The highest BCUT2D eigenvalue weighted by atomic mass is 16.3. The number of hydrogen-bond acceptors (Lipinski definition) is 6. The van der Waals surface area contributed by atoms with E-state index in [1.807, 2.05) is 11.5 Å². The summed E-state index contributed by atoms with van der Waals surface area (Å²) in [5.41, 5.74) is 6.45. The van der Waals surface area contributed by atoms with E-state index in [1.54, 1.807) is 6.33 Å². The maximum absolute atomic E-state index is 11.0. The largest absolute Gasteiger partial charge is 0.388 e. The Balaban J connectivity index is 1.66. The molecule has 4 rings (SSSR count). The molecular weight excluding hydrogens is 304 g/mol. The molecular formula is C17H26N6O. The predicted molar refractivity (Wildman–Crippen MR) is 92.5 cm³/mol. The number of aromatic nitrogens is 4. The van der Waals surface area contributed by atoms with E-state index in [-0.39, 0.29) is 6.04 Å². The summed E-state index contributed by atoms with van der Waals surface area (Å²) < 4.78 is 1.99. The third-order valence-electron chi connectivity index (χ3n) is 5.84. The predicted octanol–water partition coefficient (Wildman–Crippen LogP) is 1.74. The monoisotopic (exact) mass is 330 g/mol. The molecule has 2 aliphatic rings. The van der Waals surface area contributed by atoms with Gasteiger partial charge in [-0.25, -0.2) is 15.0 Å². The molecule has 0 spiro atoms. The van der Waals surface area contributed by atoms with E-state index in [0.29, 0.717) is 23.0 Å². The van der Waals surface area contributed by atoms with Gasteiger partial charge >= 0.3 is 0 Å². The van der Waals surface area contributed by atoms with Crippen molar-refractivity contribution in [3.8, 4) is 0 Å². The van der Waals surface area contributed by atoms with Crippen molar-refractivity contribution in [2.75, 3.05) is 18.8 Å². The second kappa shape index (κ2) is 5.97. The number of aliphatic hydroxyl groups is 1. The van der Waals surface area contributed by atoms with E-state index in [9.17, 15) is 5.11 Å². The fourth-order valence-electron chi connectivity index (χ4n) is 4.31. The lowest BCUT2D eigenvalue weighted by atomic mass is 9.85. The summed E-state index contributed by atoms with van der Waals surface area (Å²) >= 11 is 0. The van der Waals surface area contributed by atoms with Gasteiger partial charge in [-0.15, -0.1) is 0 Å². The molecule has 7 nitrogen and oxygen atoms in total. The summed E-state index contributed by atoms with van der Waals surface area (Å²) in [6.07, 6.45) is 10.5. The summed E-state index contributed by atoms with van der Waals surface area (Å²) in [5.74, 6) is 0.387. The van der Waals surface area contributed by atoms with Gasteiger partial charge in [0.15, 0.2) is 11.5 Å². The van der Waals surface area contributed by atoms with Crippen LogP contribution in [0.1, 0.15) is 51.5 Å². The average Bonchev–Trinajstić information content (AvgIpc) is 3.01. The Morgan fingerprint density at radius 1 is 1.21 bits per heavy atom. The Labute approximate surface area is 141 Å². The van der Waals surface area contributed by atoms with Crippen LogP contribution in [0.2, 0.25) is 0 Å². The number of nitrogens with two attached hydrogens (primary N) is 1. The minimum atomic E-state index is -0.779. The molecule has 0 bridgehead atoms. The Morgan fingerprint density at radius 3 is 2.79 bits per heavy atom. The quantitative estimate of drug-likeness (QED) is 0.871. The molecule has 0 amide bonds.